The van der Waals surface area contributed by atoms with Crippen molar-refractivity contribution in [1.82, 2.24) is 4.90 Å². The standard InChI is InChI=1S/C17H13FINO2/c1-17(18,11-6-8-12(19)9-7-11)10-20-15(21)13-4-2-3-5-14(13)16(20)22/h2-9H,10H2,1H3. The smallest absolute Gasteiger partial charge is 0.261 e. The highest BCUT2D eigenvalue weighted by atomic mass is 127. The SMILES string of the molecule is CC(F)(CN1C(=O)c2ccccc2C1=O)c1ccc(I)cc1. The van der Waals surface area contributed by atoms with Crippen molar-refractivity contribution in [2.45, 2.75) is 12.6 Å². The van der Waals surface area contributed by atoms with E-state index in [9.17, 15) is 9.59 Å². The lowest BCUT2D eigenvalue weighted by Crippen LogP contribution is -2.39. The molecule has 22 heavy (non-hydrogen) atoms. The number of alkyl halides is 1. The Morgan fingerprint density at radius 2 is 1.50 bits per heavy atom. The Morgan fingerprint density at radius 3 is 2.00 bits per heavy atom. The zero-order valence-corrected chi connectivity index (χ0v) is 14.0. The summed E-state index contributed by atoms with van der Waals surface area (Å²) in [4.78, 5) is 25.6. The quantitative estimate of drug-likeness (QED) is 0.572. The van der Waals surface area contributed by atoms with Gasteiger partial charge in [0.05, 0.1) is 17.7 Å². The molecule has 2 aromatic rings. The first-order chi connectivity index (χ1) is 10.4. The van der Waals surface area contributed by atoms with E-state index in [-0.39, 0.29) is 6.54 Å². The minimum Gasteiger partial charge on any atom is -0.271 e. The van der Waals surface area contributed by atoms with Crippen molar-refractivity contribution in [3.05, 3.63) is 68.8 Å². The Kier molecular flexibility index (Phi) is 3.76. The van der Waals surface area contributed by atoms with E-state index in [1.54, 1.807) is 48.5 Å². The Morgan fingerprint density at radius 1 is 1.00 bits per heavy atom. The van der Waals surface area contributed by atoms with E-state index in [1.165, 1.54) is 6.92 Å². The number of carbonyl (C=O) groups excluding carboxylic acids is 2. The largest absolute Gasteiger partial charge is 0.271 e. The number of nitrogens with zero attached hydrogens (tertiary/aromatic N) is 1. The molecule has 112 valence electrons. The van der Waals surface area contributed by atoms with E-state index in [0.29, 0.717) is 16.7 Å². The topological polar surface area (TPSA) is 37.4 Å². The van der Waals surface area contributed by atoms with Gasteiger partial charge in [0.2, 0.25) is 0 Å². The summed E-state index contributed by atoms with van der Waals surface area (Å²) in [6.45, 7) is 1.10. The van der Waals surface area contributed by atoms with Crippen LogP contribution in [0.15, 0.2) is 48.5 Å². The van der Waals surface area contributed by atoms with Gasteiger partial charge in [0.1, 0.15) is 0 Å². The first kappa shape index (κ1) is 15.1. The lowest BCUT2D eigenvalue weighted by atomic mass is 9.97. The minimum absolute atomic E-state index is 0.292. The van der Waals surface area contributed by atoms with Crippen LogP contribution in [-0.4, -0.2) is 23.3 Å². The number of hydrogen-bond donors (Lipinski definition) is 0. The second kappa shape index (κ2) is 5.46. The summed E-state index contributed by atoms with van der Waals surface area (Å²) in [6.07, 6.45) is 0. The summed E-state index contributed by atoms with van der Waals surface area (Å²) in [6, 6.07) is 13.5. The molecule has 0 aliphatic carbocycles. The second-order valence-corrected chi connectivity index (χ2v) is 6.69. The van der Waals surface area contributed by atoms with Gasteiger partial charge in [0, 0.05) is 3.57 Å². The molecule has 0 aromatic heterocycles. The van der Waals surface area contributed by atoms with Crippen LogP contribution in [0.2, 0.25) is 0 Å². The predicted octanol–water partition coefficient (Wildman–Crippen LogP) is 3.77. The molecule has 3 rings (SSSR count). The second-order valence-electron chi connectivity index (χ2n) is 5.45. The number of hydrogen-bond acceptors (Lipinski definition) is 2. The third-order valence-electron chi connectivity index (χ3n) is 3.78. The third-order valence-corrected chi connectivity index (χ3v) is 4.50. The number of fused-ring (bicyclic) bond motifs is 1. The summed E-state index contributed by atoms with van der Waals surface area (Å²) in [5.74, 6) is -0.870. The molecule has 0 radical (unpaired) electrons. The van der Waals surface area contributed by atoms with E-state index < -0.39 is 17.5 Å². The van der Waals surface area contributed by atoms with Crippen molar-refractivity contribution in [3.63, 3.8) is 0 Å². The lowest BCUT2D eigenvalue weighted by Gasteiger charge is -2.26. The van der Waals surface area contributed by atoms with Gasteiger partial charge < -0.3 is 0 Å². The van der Waals surface area contributed by atoms with Crippen molar-refractivity contribution in [3.8, 4) is 0 Å². The average molecular weight is 409 g/mol. The predicted molar refractivity (Wildman–Crippen MR) is 89.4 cm³/mol. The molecule has 1 heterocycles. The Bertz CT molecular complexity index is 721. The van der Waals surface area contributed by atoms with Crippen molar-refractivity contribution in [2.24, 2.45) is 0 Å². The van der Waals surface area contributed by atoms with E-state index in [4.69, 9.17) is 0 Å². The molecule has 3 nitrogen and oxygen atoms in total. The van der Waals surface area contributed by atoms with Gasteiger partial charge in [-0.1, -0.05) is 24.3 Å². The fourth-order valence-electron chi connectivity index (χ4n) is 2.57. The van der Waals surface area contributed by atoms with Crippen molar-refractivity contribution in [2.75, 3.05) is 6.54 Å². The maximum atomic E-state index is 15.0. The van der Waals surface area contributed by atoms with Crippen LogP contribution in [0.4, 0.5) is 4.39 Å². The van der Waals surface area contributed by atoms with Crippen LogP contribution in [0.5, 0.6) is 0 Å². The fourth-order valence-corrected chi connectivity index (χ4v) is 2.93. The van der Waals surface area contributed by atoms with E-state index in [0.717, 1.165) is 8.47 Å². The Hall–Kier alpha value is -1.76. The molecule has 1 atom stereocenters. The van der Waals surface area contributed by atoms with Gasteiger partial charge in [-0.05, 0) is 59.3 Å². The van der Waals surface area contributed by atoms with Crippen LogP contribution in [0.25, 0.3) is 0 Å². The first-order valence-electron chi connectivity index (χ1n) is 6.80. The fraction of sp³-hybridized carbons (Fsp3) is 0.176. The third kappa shape index (κ3) is 2.54. The molecular weight excluding hydrogens is 396 g/mol. The van der Waals surface area contributed by atoms with Gasteiger partial charge >= 0.3 is 0 Å². The number of halogens is 2. The van der Waals surface area contributed by atoms with E-state index in [1.807, 2.05) is 0 Å². The molecule has 1 aliphatic heterocycles. The normalized spacial score (nSPS) is 16.6. The summed E-state index contributed by atoms with van der Waals surface area (Å²) in [5, 5.41) is 0. The first-order valence-corrected chi connectivity index (χ1v) is 7.88. The molecule has 0 saturated heterocycles. The van der Waals surface area contributed by atoms with E-state index >= 15 is 4.39 Å². The van der Waals surface area contributed by atoms with Crippen molar-refractivity contribution in [1.29, 1.82) is 0 Å². The maximum absolute atomic E-state index is 15.0. The molecule has 1 unspecified atom stereocenters. The molecule has 1 aliphatic rings. The monoisotopic (exact) mass is 409 g/mol. The Balaban J connectivity index is 1.89. The number of rotatable bonds is 3. The van der Waals surface area contributed by atoms with Crippen LogP contribution >= 0.6 is 22.6 Å². The molecule has 0 spiro atoms. The highest BCUT2D eigenvalue weighted by Gasteiger charge is 2.40. The zero-order chi connectivity index (χ0) is 15.9. The summed E-state index contributed by atoms with van der Waals surface area (Å²) in [7, 11) is 0. The maximum Gasteiger partial charge on any atom is 0.261 e. The Labute approximate surface area is 141 Å². The molecule has 0 fully saturated rings. The molecule has 0 saturated carbocycles. The average Bonchev–Trinajstić information content (AvgIpc) is 2.73. The highest BCUT2D eigenvalue weighted by Crippen LogP contribution is 2.31. The van der Waals surface area contributed by atoms with Gasteiger partial charge in [-0.25, -0.2) is 4.39 Å². The summed E-state index contributed by atoms with van der Waals surface area (Å²) < 4.78 is 16.0. The minimum atomic E-state index is -1.79. The van der Waals surface area contributed by atoms with Gasteiger partial charge in [0.25, 0.3) is 11.8 Å². The molecule has 2 amide bonds. The van der Waals surface area contributed by atoms with E-state index in [2.05, 4.69) is 22.6 Å². The number of imide groups is 1. The van der Waals surface area contributed by atoms with Gasteiger partial charge in [-0.2, -0.15) is 0 Å². The van der Waals surface area contributed by atoms with Crippen LogP contribution in [-0.2, 0) is 5.67 Å². The van der Waals surface area contributed by atoms with Gasteiger partial charge in [0.15, 0.2) is 5.67 Å². The van der Waals surface area contributed by atoms with Crippen molar-refractivity contribution >= 4 is 34.4 Å². The van der Waals surface area contributed by atoms with Gasteiger partial charge in [-0.15, -0.1) is 0 Å². The van der Waals surface area contributed by atoms with Crippen LogP contribution in [0.1, 0.15) is 33.2 Å². The van der Waals surface area contributed by atoms with Crippen LogP contribution in [0, 0.1) is 3.57 Å². The molecule has 0 bridgehead atoms. The number of benzene rings is 2. The molecular formula is C17H13FINO2. The zero-order valence-electron chi connectivity index (χ0n) is 11.8. The lowest BCUT2D eigenvalue weighted by molar-refractivity contribution is 0.0519. The summed E-state index contributed by atoms with van der Waals surface area (Å²) in [5.41, 5.74) is -0.668. The van der Waals surface area contributed by atoms with Crippen LogP contribution in [0.3, 0.4) is 0 Å². The van der Waals surface area contributed by atoms with Gasteiger partial charge in [-0.3, -0.25) is 14.5 Å². The molecule has 0 N–H and O–H groups in total. The number of carbonyl (C=O) groups is 2. The molecule has 5 heteroatoms. The van der Waals surface area contributed by atoms with Crippen LogP contribution < -0.4 is 0 Å². The highest BCUT2D eigenvalue weighted by molar-refractivity contribution is 14.1. The molecule has 2 aromatic carbocycles. The van der Waals surface area contributed by atoms with Crippen molar-refractivity contribution < 1.29 is 14.0 Å². The number of amides is 2. The summed E-state index contributed by atoms with van der Waals surface area (Å²) >= 11 is 2.14.